The van der Waals surface area contributed by atoms with Crippen molar-refractivity contribution in [1.82, 2.24) is 0 Å². The average Bonchev–Trinajstić information content (AvgIpc) is 2.62. The van der Waals surface area contributed by atoms with Crippen LogP contribution >= 0.6 is 0 Å². The van der Waals surface area contributed by atoms with Gasteiger partial charge in [0.15, 0.2) is 0 Å². The summed E-state index contributed by atoms with van der Waals surface area (Å²) < 4.78 is 5.73. The minimum atomic E-state index is 0.281. The van der Waals surface area contributed by atoms with Gasteiger partial charge in [-0.25, -0.2) is 0 Å². The van der Waals surface area contributed by atoms with E-state index in [0.717, 1.165) is 5.69 Å². The van der Waals surface area contributed by atoms with Gasteiger partial charge in [0.1, 0.15) is 23.6 Å². The fourth-order valence-corrected chi connectivity index (χ4v) is 1.86. The van der Waals surface area contributed by atoms with Crippen LogP contribution in [0.4, 0.5) is 5.69 Å². The molecule has 0 bridgehead atoms. The first-order valence-electron chi connectivity index (χ1n) is 7.16. The lowest BCUT2D eigenvalue weighted by Crippen LogP contribution is -1.91. The van der Waals surface area contributed by atoms with E-state index < -0.39 is 0 Å². The van der Waals surface area contributed by atoms with E-state index in [1.54, 1.807) is 24.3 Å². The Labute approximate surface area is 141 Å². The highest BCUT2D eigenvalue weighted by atomic mass is 16.5. The van der Waals surface area contributed by atoms with Crippen LogP contribution in [0, 0.1) is 47.0 Å². The second-order valence-corrected chi connectivity index (χ2v) is 4.69. The summed E-state index contributed by atoms with van der Waals surface area (Å²) >= 11 is 0. The molecule has 0 unspecified atom stereocenters. The largest absolute Gasteiger partial charge is 0.457 e. The summed E-state index contributed by atoms with van der Waals surface area (Å²) in [6.07, 6.45) is 6.42. The van der Waals surface area contributed by atoms with Crippen molar-refractivity contribution in [3.05, 3.63) is 53.6 Å². The van der Waals surface area contributed by atoms with Gasteiger partial charge in [0.25, 0.3) is 0 Å². The lowest BCUT2D eigenvalue weighted by atomic mass is 10.1. The lowest BCUT2D eigenvalue weighted by molar-refractivity contribution is 0.483. The third-order valence-corrected chi connectivity index (χ3v) is 2.99. The summed E-state index contributed by atoms with van der Waals surface area (Å²) in [6.45, 7) is 0. The zero-order chi connectivity index (χ0) is 17.2. The lowest BCUT2D eigenvalue weighted by Gasteiger charge is -2.08. The number of hydrogen-bond donors (Lipinski definition) is 1. The molecule has 0 aliphatic rings. The van der Waals surface area contributed by atoms with Gasteiger partial charge in [0, 0.05) is 30.6 Å². The topological polar surface area (TPSA) is 68.8 Å². The van der Waals surface area contributed by atoms with Crippen molar-refractivity contribution in [3.63, 3.8) is 0 Å². The zero-order valence-corrected chi connectivity index (χ0v) is 12.8. The molecule has 2 aromatic rings. The summed E-state index contributed by atoms with van der Waals surface area (Å²) in [6, 6.07) is 18.8. The fraction of sp³-hybridized carbons (Fsp3) is 0.100. The molecule has 0 heterocycles. The Kier molecular flexibility index (Phi) is 5.88. The number of nitrogens with zero attached hydrogens (tertiary/aromatic N) is 2. The first-order chi connectivity index (χ1) is 11.8. The molecule has 0 saturated heterocycles. The molecule has 2 rings (SSSR count). The third kappa shape index (κ3) is 4.57. The first-order valence-corrected chi connectivity index (χ1v) is 7.16. The molecule has 0 aliphatic carbocycles. The van der Waals surface area contributed by atoms with Crippen LogP contribution in [0.2, 0.25) is 0 Å². The van der Waals surface area contributed by atoms with Crippen LogP contribution < -0.4 is 10.1 Å². The molecule has 0 radical (unpaired) electrons. The number of hydrogen-bond acceptors (Lipinski definition) is 4. The maximum atomic E-state index is 9.05. The van der Waals surface area contributed by atoms with E-state index in [2.05, 4.69) is 23.2 Å². The van der Waals surface area contributed by atoms with E-state index in [1.165, 1.54) is 6.07 Å². The summed E-state index contributed by atoms with van der Waals surface area (Å²) in [5.41, 5.74) is 1.39. The zero-order valence-electron chi connectivity index (χ0n) is 12.8. The number of ether oxygens (including phenoxy) is 1. The predicted octanol–water partition coefficient (Wildman–Crippen LogP) is 4.01. The minimum absolute atomic E-state index is 0.281. The van der Waals surface area contributed by atoms with Gasteiger partial charge < -0.3 is 10.1 Å². The Hall–Kier alpha value is -3.86. The van der Waals surface area contributed by atoms with Crippen LogP contribution in [-0.4, -0.2) is 0 Å². The Morgan fingerprint density at radius 1 is 0.958 bits per heavy atom. The standard InChI is InChI=1S/C20H13N3O/c1-2-3-4-5-11-23-18-7-6-8-19(13-18)24-20-10-9-16(14-21)17(12-20)15-22/h1,6-10,12-13,23H,3-4H2. The monoisotopic (exact) mass is 311 g/mol. The highest BCUT2D eigenvalue weighted by molar-refractivity contribution is 5.54. The smallest absolute Gasteiger partial charge is 0.129 e. The van der Waals surface area contributed by atoms with Gasteiger partial charge in [-0.15, -0.1) is 12.3 Å². The van der Waals surface area contributed by atoms with Crippen LogP contribution in [0.1, 0.15) is 24.0 Å². The third-order valence-electron chi connectivity index (χ3n) is 2.99. The van der Waals surface area contributed by atoms with Gasteiger partial charge in [-0.3, -0.25) is 0 Å². The van der Waals surface area contributed by atoms with Gasteiger partial charge >= 0.3 is 0 Å². The van der Waals surface area contributed by atoms with E-state index in [4.69, 9.17) is 21.7 Å². The molecule has 0 atom stereocenters. The van der Waals surface area contributed by atoms with Crippen molar-refractivity contribution in [1.29, 1.82) is 10.5 Å². The van der Waals surface area contributed by atoms with Crippen molar-refractivity contribution in [3.8, 4) is 47.9 Å². The normalized spacial score (nSPS) is 8.71. The molecule has 0 fully saturated rings. The van der Waals surface area contributed by atoms with Crippen molar-refractivity contribution in [2.24, 2.45) is 0 Å². The molecule has 4 heteroatoms. The van der Waals surface area contributed by atoms with Crippen molar-refractivity contribution >= 4 is 5.69 Å². The number of anilines is 1. The Morgan fingerprint density at radius 2 is 1.75 bits per heavy atom. The summed E-state index contributed by atoms with van der Waals surface area (Å²) in [5, 5.41) is 20.9. The van der Waals surface area contributed by atoms with Gasteiger partial charge in [0.05, 0.1) is 11.1 Å². The number of nitrogens with one attached hydrogen (secondary N) is 1. The van der Waals surface area contributed by atoms with E-state index in [0.29, 0.717) is 29.9 Å². The quantitative estimate of drug-likeness (QED) is 0.526. The first kappa shape index (κ1) is 16.5. The molecule has 0 spiro atoms. The highest BCUT2D eigenvalue weighted by Gasteiger charge is 2.05. The van der Waals surface area contributed by atoms with Crippen LogP contribution in [-0.2, 0) is 0 Å². The molecule has 0 saturated carbocycles. The van der Waals surface area contributed by atoms with Crippen molar-refractivity contribution in [2.45, 2.75) is 12.8 Å². The molecule has 0 aromatic heterocycles. The van der Waals surface area contributed by atoms with Crippen LogP contribution in [0.15, 0.2) is 42.5 Å². The van der Waals surface area contributed by atoms with Gasteiger partial charge in [-0.05, 0) is 30.3 Å². The summed E-state index contributed by atoms with van der Waals surface area (Å²) in [7, 11) is 0. The average molecular weight is 311 g/mol. The molecule has 1 N–H and O–H groups in total. The van der Waals surface area contributed by atoms with Crippen LogP contribution in [0.3, 0.4) is 0 Å². The second kappa shape index (κ2) is 8.55. The number of terminal acetylenes is 1. The van der Waals surface area contributed by atoms with E-state index in [9.17, 15) is 0 Å². The van der Waals surface area contributed by atoms with Crippen molar-refractivity contribution < 1.29 is 4.74 Å². The molecule has 2 aromatic carbocycles. The summed E-state index contributed by atoms with van der Waals surface area (Å²) in [5.74, 6) is 6.53. The number of unbranched alkanes of at least 4 members (excludes halogenated alkanes) is 1. The molecule has 4 nitrogen and oxygen atoms in total. The van der Waals surface area contributed by atoms with E-state index in [-0.39, 0.29) is 5.56 Å². The van der Waals surface area contributed by atoms with E-state index in [1.807, 2.05) is 24.3 Å². The Morgan fingerprint density at radius 3 is 2.50 bits per heavy atom. The fourth-order valence-electron chi connectivity index (χ4n) is 1.86. The van der Waals surface area contributed by atoms with Gasteiger partial charge in [0.2, 0.25) is 0 Å². The SMILES string of the molecule is C#CCCC#CNc1cccc(Oc2ccc(C#N)c(C#N)c2)c1. The molecular weight excluding hydrogens is 298 g/mol. The van der Waals surface area contributed by atoms with Crippen LogP contribution in [0.25, 0.3) is 0 Å². The Bertz CT molecular complexity index is 915. The number of benzene rings is 2. The molecule has 0 aliphatic heterocycles. The molecule has 114 valence electrons. The second-order valence-electron chi connectivity index (χ2n) is 4.69. The molecule has 24 heavy (non-hydrogen) atoms. The number of nitriles is 2. The van der Waals surface area contributed by atoms with Gasteiger partial charge in [-0.2, -0.15) is 10.5 Å². The summed E-state index contributed by atoms with van der Waals surface area (Å²) in [4.78, 5) is 0. The van der Waals surface area contributed by atoms with Crippen LogP contribution in [0.5, 0.6) is 11.5 Å². The maximum Gasteiger partial charge on any atom is 0.129 e. The number of rotatable bonds is 4. The molecule has 0 amide bonds. The molecular formula is C20H13N3O. The van der Waals surface area contributed by atoms with Crippen molar-refractivity contribution in [2.75, 3.05) is 5.32 Å². The maximum absolute atomic E-state index is 9.05. The highest BCUT2D eigenvalue weighted by Crippen LogP contribution is 2.25. The Balaban J connectivity index is 2.10. The van der Waals surface area contributed by atoms with E-state index >= 15 is 0 Å². The van der Waals surface area contributed by atoms with Gasteiger partial charge in [-0.1, -0.05) is 12.0 Å². The minimum Gasteiger partial charge on any atom is -0.457 e. The predicted molar refractivity (Wildman–Crippen MR) is 91.9 cm³/mol.